The van der Waals surface area contributed by atoms with Crippen molar-refractivity contribution in [1.82, 2.24) is 4.57 Å². The molecule has 272 valence electrons. The van der Waals surface area contributed by atoms with E-state index in [0.717, 1.165) is 22.7 Å². The summed E-state index contributed by atoms with van der Waals surface area (Å²) >= 11 is 0. The molecule has 58 heavy (non-hydrogen) atoms. The SMILES string of the molecule is c1ccc(-c2ccc(-c3ccc(N(c4ccc(-c5cccc6ccccc56)cc4)c4ccc(-n5c6ccccc6c6ccccc65)cc4)cc3)c3ccccc23)cc1. The van der Waals surface area contributed by atoms with E-state index in [4.69, 9.17) is 0 Å². The summed E-state index contributed by atoms with van der Waals surface area (Å²) in [5.74, 6) is 0. The van der Waals surface area contributed by atoms with Crippen molar-refractivity contribution < 1.29 is 0 Å². The summed E-state index contributed by atoms with van der Waals surface area (Å²) in [5, 5.41) is 7.53. The van der Waals surface area contributed by atoms with Crippen LogP contribution in [0.4, 0.5) is 17.1 Å². The van der Waals surface area contributed by atoms with E-state index in [1.165, 1.54) is 76.7 Å². The van der Waals surface area contributed by atoms with Gasteiger partial charge in [-0.25, -0.2) is 0 Å². The van der Waals surface area contributed by atoms with E-state index in [1.807, 2.05) is 0 Å². The Hall–Kier alpha value is -7.68. The summed E-state index contributed by atoms with van der Waals surface area (Å²) in [4.78, 5) is 2.36. The number of hydrogen-bond donors (Lipinski definition) is 0. The summed E-state index contributed by atoms with van der Waals surface area (Å²) < 4.78 is 2.37. The third-order valence-corrected chi connectivity index (χ3v) is 11.6. The molecule has 0 N–H and O–H groups in total. The topological polar surface area (TPSA) is 8.17 Å². The molecule has 0 amide bonds. The third kappa shape index (κ3) is 5.74. The van der Waals surface area contributed by atoms with Crippen LogP contribution in [0.15, 0.2) is 231 Å². The lowest BCUT2D eigenvalue weighted by molar-refractivity contribution is 1.17. The fourth-order valence-corrected chi connectivity index (χ4v) is 8.88. The number of nitrogens with zero attached hydrogens (tertiary/aromatic N) is 2. The van der Waals surface area contributed by atoms with Gasteiger partial charge in [0, 0.05) is 33.5 Å². The maximum absolute atomic E-state index is 2.37. The van der Waals surface area contributed by atoms with Crippen LogP contribution in [-0.2, 0) is 0 Å². The smallest absolute Gasteiger partial charge is 0.0541 e. The molecule has 0 bridgehead atoms. The Labute approximate surface area is 338 Å². The molecular formula is C56H38N2. The highest BCUT2D eigenvalue weighted by atomic mass is 15.1. The number of rotatable bonds is 7. The first-order valence-corrected chi connectivity index (χ1v) is 19.9. The van der Waals surface area contributed by atoms with Crippen molar-refractivity contribution in [3.8, 4) is 39.1 Å². The lowest BCUT2D eigenvalue weighted by atomic mass is 9.92. The van der Waals surface area contributed by atoms with Gasteiger partial charge in [0.2, 0.25) is 0 Å². The maximum Gasteiger partial charge on any atom is 0.0541 e. The Bertz CT molecular complexity index is 3190. The molecule has 0 atom stereocenters. The average molecular weight is 739 g/mol. The fraction of sp³-hybridized carbons (Fsp3) is 0. The van der Waals surface area contributed by atoms with Crippen molar-refractivity contribution in [2.24, 2.45) is 0 Å². The van der Waals surface area contributed by atoms with Gasteiger partial charge < -0.3 is 9.47 Å². The van der Waals surface area contributed by atoms with E-state index in [9.17, 15) is 0 Å². The van der Waals surface area contributed by atoms with Crippen LogP contribution in [0.5, 0.6) is 0 Å². The number of para-hydroxylation sites is 2. The van der Waals surface area contributed by atoms with Crippen LogP contribution < -0.4 is 4.90 Å². The van der Waals surface area contributed by atoms with Gasteiger partial charge in [-0.1, -0.05) is 170 Å². The molecule has 0 saturated carbocycles. The van der Waals surface area contributed by atoms with Crippen LogP contribution >= 0.6 is 0 Å². The molecule has 0 aliphatic rings. The molecule has 1 heterocycles. The summed E-state index contributed by atoms with van der Waals surface area (Å²) in [6.07, 6.45) is 0. The van der Waals surface area contributed by atoms with E-state index >= 15 is 0 Å². The van der Waals surface area contributed by atoms with Crippen molar-refractivity contribution in [2.75, 3.05) is 4.90 Å². The minimum Gasteiger partial charge on any atom is -0.311 e. The number of benzene rings is 10. The van der Waals surface area contributed by atoms with Gasteiger partial charge in [-0.2, -0.15) is 0 Å². The summed E-state index contributed by atoms with van der Waals surface area (Å²) in [6, 6.07) is 83.6. The number of hydrogen-bond acceptors (Lipinski definition) is 1. The second-order valence-corrected chi connectivity index (χ2v) is 14.9. The molecule has 2 nitrogen and oxygen atoms in total. The molecule has 0 aliphatic carbocycles. The van der Waals surface area contributed by atoms with Crippen LogP contribution in [0.1, 0.15) is 0 Å². The van der Waals surface area contributed by atoms with Crippen molar-refractivity contribution in [3.05, 3.63) is 231 Å². The molecule has 0 spiro atoms. The summed E-state index contributed by atoms with van der Waals surface area (Å²) in [6.45, 7) is 0. The first kappa shape index (κ1) is 33.6. The predicted molar refractivity (Wildman–Crippen MR) is 247 cm³/mol. The van der Waals surface area contributed by atoms with Crippen LogP contribution in [-0.4, -0.2) is 4.57 Å². The van der Waals surface area contributed by atoms with Crippen LogP contribution in [0.3, 0.4) is 0 Å². The van der Waals surface area contributed by atoms with Gasteiger partial charge in [0.25, 0.3) is 0 Å². The Morgan fingerprint density at radius 1 is 0.259 bits per heavy atom. The van der Waals surface area contributed by atoms with Crippen molar-refractivity contribution in [1.29, 1.82) is 0 Å². The molecule has 0 saturated heterocycles. The maximum atomic E-state index is 2.37. The first-order valence-electron chi connectivity index (χ1n) is 19.9. The highest BCUT2D eigenvalue weighted by Gasteiger charge is 2.17. The molecule has 10 aromatic carbocycles. The molecule has 1 aromatic heterocycles. The van der Waals surface area contributed by atoms with Gasteiger partial charge in [0.05, 0.1) is 11.0 Å². The monoisotopic (exact) mass is 738 g/mol. The largest absolute Gasteiger partial charge is 0.311 e. The normalized spacial score (nSPS) is 11.4. The zero-order chi connectivity index (χ0) is 38.4. The van der Waals surface area contributed by atoms with E-state index < -0.39 is 0 Å². The van der Waals surface area contributed by atoms with Crippen molar-refractivity contribution >= 4 is 60.4 Å². The summed E-state index contributed by atoms with van der Waals surface area (Å²) in [7, 11) is 0. The van der Waals surface area contributed by atoms with Gasteiger partial charge in [0.1, 0.15) is 0 Å². The van der Waals surface area contributed by atoms with E-state index in [2.05, 4.69) is 240 Å². The van der Waals surface area contributed by atoms with Crippen LogP contribution in [0.25, 0.3) is 82.4 Å². The average Bonchev–Trinajstić information content (AvgIpc) is 3.64. The molecule has 11 aromatic rings. The molecule has 2 heteroatoms. The Kier molecular flexibility index (Phi) is 8.19. The standard InChI is InChI=1S/C56H38N2/c1-2-13-39(14-3-1)49-37-38-50(52-19-7-6-18-51(49)52)42-27-31-44(32-28-42)57(43-29-25-41(26-30-43)48-22-12-16-40-15-4-5-17-47(40)48)45-33-35-46(36-34-45)58-55-23-10-8-20-53(55)54-21-9-11-24-56(54)58/h1-38H. The highest BCUT2D eigenvalue weighted by molar-refractivity contribution is 6.09. The third-order valence-electron chi connectivity index (χ3n) is 11.6. The van der Waals surface area contributed by atoms with Crippen molar-refractivity contribution in [2.45, 2.75) is 0 Å². The first-order chi connectivity index (χ1) is 28.8. The molecule has 0 radical (unpaired) electrons. The zero-order valence-corrected chi connectivity index (χ0v) is 31.8. The minimum atomic E-state index is 1.09. The lowest BCUT2D eigenvalue weighted by Gasteiger charge is -2.26. The Morgan fingerprint density at radius 2 is 0.655 bits per heavy atom. The van der Waals surface area contributed by atoms with Gasteiger partial charge in [-0.3, -0.25) is 0 Å². The summed E-state index contributed by atoms with van der Waals surface area (Å²) in [5.41, 5.74) is 14.2. The minimum absolute atomic E-state index is 1.09. The fourth-order valence-electron chi connectivity index (χ4n) is 8.88. The Balaban J connectivity index is 1.01. The number of anilines is 3. The van der Waals surface area contributed by atoms with E-state index in [-0.39, 0.29) is 0 Å². The van der Waals surface area contributed by atoms with E-state index in [1.54, 1.807) is 0 Å². The lowest BCUT2D eigenvalue weighted by Crippen LogP contribution is -2.10. The van der Waals surface area contributed by atoms with E-state index in [0.29, 0.717) is 0 Å². The Morgan fingerprint density at radius 3 is 1.21 bits per heavy atom. The second-order valence-electron chi connectivity index (χ2n) is 14.9. The van der Waals surface area contributed by atoms with Gasteiger partial charge in [-0.15, -0.1) is 0 Å². The molecular weight excluding hydrogens is 701 g/mol. The van der Waals surface area contributed by atoms with Gasteiger partial charge >= 0.3 is 0 Å². The van der Waals surface area contributed by atoms with Gasteiger partial charge in [0.15, 0.2) is 0 Å². The van der Waals surface area contributed by atoms with Crippen LogP contribution in [0, 0.1) is 0 Å². The molecule has 11 rings (SSSR count). The number of fused-ring (bicyclic) bond motifs is 5. The van der Waals surface area contributed by atoms with Crippen molar-refractivity contribution in [3.63, 3.8) is 0 Å². The predicted octanol–water partition coefficient (Wildman–Crippen LogP) is 15.6. The molecule has 0 unspecified atom stereocenters. The van der Waals surface area contributed by atoms with Crippen LogP contribution in [0.2, 0.25) is 0 Å². The quantitative estimate of drug-likeness (QED) is 0.158. The highest BCUT2D eigenvalue weighted by Crippen LogP contribution is 2.41. The molecule has 0 fully saturated rings. The van der Waals surface area contributed by atoms with Gasteiger partial charge in [-0.05, 0) is 116 Å². The molecule has 0 aliphatic heterocycles. The zero-order valence-electron chi connectivity index (χ0n) is 31.8. The second kappa shape index (κ2) is 14.1. The number of aromatic nitrogens is 1.